The van der Waals surface area contributed by atoms with Gasteiger partial charge in [0.15, 0.2) is 9.84 Å². The van der Waals surface area contributed by atoms with Gasteiger partial charge in [0.1, 0.15) is 5.82 Å². The number of alkyl halides is 3. The maximum atomic E-state index is 13.6. The second-order valence-corrected chi connectivity index (χ2v) is 11.4. The summed E-state index contributed by atoms with van der Waals surface area (Å²) in [6, 6.07) is 5.76. The molecule has 1 aromatic heterocycles. The van der Waals surface area contributed by atoms with Crippen molar-refractivity contribution in [3.63, 3.8) is 0 Å². The Morgan fingerprint density at radius 1 is 1.00 bits per heavy atom. The number of sulfone groups is 1. The van der Waals surface area contributed by atoms with E-state index >= 15 is 0 Å². The molecule has 12 heteroatoms. The van der Waals surface area contributed by atoms with Crippen LogP contribution in [0.15, 0.2) is 41.4 Å². The van der Waals surface area contributed by atoms with Crippen LogP contribution in [-0.4, -0.2) is 82.9 Å². The maximum absolute atomic E-state index is 13.6. The molecule has 2 aliphatic heterocycles. The minimum Gasteiger partial charge on any atom is -0.378 e. The summed E-state index contributed by atoms with van der Waals surface area (Å²) in [6.07, 6.45) is -0.0182. The van der Waals surface area contributed by atoms with E-state index in [1.54, 1.807) is 11.0 Å². The average Bonchev–Trinajstić information content (AvgIpc) is 3.73. The van der Waals surface area contributed by atoms with E-state index in [9.17, 15) is 26.4 Å². The molecule has 1 aromatic carbocycles. The van der Waals surface area contributed by atoms with Crippen LogP contribution in [0.3, 0.4) is 0 Å². The van der Waals surface area contributed by atoms with Crippen LogP contribution >= 0.6 is 0 Å². The second kappa shape index (κ2) is 9.64. The van der Waals surface area contributed by atoms with Crippen LogP contribution < -0.4 is 9.80 Å². The minimum atomic E-state index is -4.47. The topological polar surface area (TPSA) is 83.0 Å². The van der Waals surface area contributed by atoms with Gasteiger partial charge in [-0.2, -0.15) is 13.2 Å². The largest absolute Gasteiger partial charge is 0.417 e. The summed E-state index contributed by atoms with van der Waals surface area (Å²) in [5.41, 5.74) is 1.50. The molecule has 3 heterocycles. The van der Waals surface area contributed by atoms with Gasteiger partial charge >= 0.3 is 6.18 Å². The number of pyridine rings is 1. The molecule has 5 rings (SSSR count). The van der Waals surface area contributed by atoms with Crippen LogP contribution in [0.2, 0.25) is 0 Å². The second-order valence-electron chi connectivity index (χ2n) is 9.36. The molecule has 1 amide bonds. The van der Waals surface area contributed by atoms with E-state index in [0.29, 0.717) is 81.5 Å². The van der Waals surface area contributed by atoms with E-state index < -0.39 is 21.6 Å². The molecule has 2 aromatic rings. The molecule has 1 aliphatic carbocycles. The van der Waals surface area contributed by atoms with Crippen molar-refractivity contribution in [3.8, 4) is 0 Å². The fourth-order valence-electron chi connectivity index (χ4n) is 4.66. The first-order valence-electron chi connectivity index (χ1n) is 12.0. The third-order valence-electron chi connectivity index (χ3n) is 6.79. The molecule has 3 aliphatic rings. The number of anilines is 2. The standard InChI is InChI=1S/C25H27F3N4O4S/c1-37(34,35)19-4-5-22(30-10-12-36-13-11-30)21(15-19)24(33)32-8-6-31(7-9-32)23-20(17-2-3-17)14-18(16-29-23)25(26,27)28/h2,4-5,14-16H,3,6-13H2,1H3. The number of nitrogens with zero attached hydrogens (tertiary/aromatic N) is 4. The highest BCUT2D eigenvalue weighted by atomic mass is 32.2. The van der Waals surface area contributed by atoms with Crippen molar-refractivity contribution in [2.45, 2.75) is 17.5 Å². The zero-order chi connectivity index (χ0) is 26.4. The Morgan fingerprint density at radius 2 is 1.68 bits per heavy atom. The predicted molar refractivity (Wildman–Crippen MR) is 133 cm³/mol. The predicted octanol–water partition coefficient (Wildman–Crippen LogP) is 3.09. The third kappa shape index (κ3) is 5.45. The highest BCUT2D eigenvalue weighted by molar-refractivity contribution is 7.90. The smallest absolute Gasteiger partial charge is 0.378 e. The van der Waals surface area contributed by atoms with Gasteiger partial charge in [-0.05, 0) is 36.3 Å². The summed E-state index contributed by atoms with van der Waals surface area (Å²) in [5, 5.41) is 0. The number of ether oxygens (including phenoxy) is 1. The van der Waals surface area contributed by atoms with Gasteiger partial charge in [-0.3, -0.25) is 4.79 Å². The highest BCUT2D eigenvalue weighted by Crippen LogP contribution is 2.40. The molecule has 0 atom stereocenters. The number of morpholine rings is 1. The Morgan fingerprint density at radius 3 is 2.27 bits per heavy atom. The fourth-order valence-corrected chi connectivity index (χ4v) is 5.31. The number of carbonyl (C=O) groups is 1. The number of rotatable bonds is 5. The van der Waals surface area contributed by atoms with Gasteiger partial charge in [-0.25, -0.2) is 13.4 Å². The Hall–Kier alpha value is -3.12. The van der Waals surface area contributed by atoms with Crippen LogP contribution in [0.1, 0.15) is 27.9 Å². The zero-order valence-corrected chi connectivity index (χ0v) is 21.1. The molecule has 0 spiro atoms. The summed E-state index contributed by atoms with van der Waals surface area (Å²) in [5.74, 6) is 0.203. The first kappa shape index (κ1) is 25.5. The summed E-state index contributed by atoms with van der Waals surface area (Å²) in [6.45, 7) is 3.64. The van der Waals surface area contributed by atoms with E-state index in [1.165, 1.54) is 12.1 Å². The Labute approximate surface area is 213 Å². The molecule has 198 valence electrons. The fraction of sp³-hybridized carbons (Fsp3) is 0.440. The molecular formula is C25H27F3N4O4S. The number of amides is 1. The van der Waals surface area contributed by atoms with E-state index in [-0.39, 0.29) is 10.8 Å². The van der Waals surface area contributed by atoms with Crippen molar-refractivity contribution < 1.29 is 31.1 Å². The van der Waals surface area contributed by atoms with Crippen LogP contribution in [-0.2, 0) is 20.8 Å². The molecule has 0 N–H and O–H groups in total. The maximum Gasteiger partial charge on any atom is 0.417 e. The van der Waals surface area contributed by atoms with Gasteiger partial charge in [0.2, 0.25) is 0 Å². The molecule has 0 radical (unpaired) electrons. The summed E-state index contributed by atoms with van der Waals surface area (Å²) >= 11 is 0. The minimum absolute atomic E-state index is 0.0720. The molecule has 2 saturated heterocycles. The molecule has 0 bridgehead atoms. The van der Waals surface area contributed by atoms with Gasteiger partial charge in [-0.15, -0.1) is 0 Å². The molecule has 0 saturated carbocycles. The van der Waals surface area contributed by atoms with Crippen LogP contribution in [0.25, 0.3) is 5.57 Å². The van der Waals surface area contributed by atoms with Gasteiger partial charge in [0.05, 0.1) is 29.2 Å². The van der Waals surface area contributed by atoms with Crippen molar-refractivity contribution in [2.75, 3.05) is 68.5 Å². The van der Waals surface area contributed by atoms with Crippen LogP contribution in [0.5, 0.6) is 0 Å². The lowest BCUT2D eigenvalue weighted by Gasteiger charge is -2.37. The first-order valence-corrected chi connectivity index (χ1v) is 13.9. The molecular weight excluding hydrogens is 509 g/mol. The van der Waals surface area contributed by atoms with E-state index in [0.717, 1.165) is 24.1 Å². The number of halogens is 3. The van der Waals surface area contributed by atoms with Gasteiger partial charge < -0.3 is 19.4 Å². The quantitative estimate of drug-likeness (QED) is 0.581. The number of hydrogen-bond acceptors (Lipinski definition) is 7. The molecule has 8 nitrogen and oxygen atoms in total. The third-order valence-corrected chi connectivity index (χ3v) is 7.90. The molecule has 0 unspecified atom stereocenters. The number of hydrogen-bond donors (Lipinski definition) is 0. The van der Waals surface area contributed by atoms with E-state index in [2.05, 4.69) is 4.98 Å². The van der Waals surface area contributed by atoms with Gasteiger partial charge in [-0.1, -0.05) is 6.08 Å². The zero-order valence-electron chi connectivity index (χ0n) is 20.3. The van der Waals surface area contributed by atoms with Crippen molar-refractivity contribution in [3.05, 3.63) is 53.2 Å². The van der Waals surface area contributed by atoms with Gasteiger partial charge in [0.25, 0.3) is 5.91 Å². The number of allylic oxidation sites excluding steroid dienone is 2. The van der Waals surface area contributed by atoms with Crippen LogP contribution in [0.4, 0.5) is 24.7 Å². The van der Waals surface area contributed by atoms with E-state index in [1.807, 2.05) is 15.9 Å². The summed E-state index contributed by atoms with van der Waals surface area (Å²) < 4.78 is 69.5. The van der Waals surface area contributed by atoms with E-state index in [4.69, 9.17) is 4.74 Å². The summed E-state index contributed by atoms with van der Waals surface area (Å²) in [4.78, 5) is 23.4. The van der Waals surface area contributed by atoms with Crippen molar-refractivity contribution in [1.29, 1.82) is 0 Å². The van der Waals surface area contributed by atoms with Gasteiger partial charge in [0, 0.05) is 63.0 Å². The number of aromatic nitrogens is 1. The first-order chi connectivity index (χ1) is 17.5. The number of benzene rings is 1. The average molecular weight is 537 g/mol. The van der Waals surface area contributed by atoms with Crippen molar-refractivity contribution >= 4 is 32.8 Å². The molecule has 2 fully saturated rings. The lowest BCUT2D eigenvalue weighted by atomic mass is 10.1. The monoisotopic (exact) mass is 536 g/mol. The van der Waals surface area contributed by atoms with Crippen molar-refractivity contribution in [1.82, 2.24) is 9.88 Å². The van der Waals surface area contributed by atoms with Crippen LogP contribution in [0, 0.1) is 0 Å². The highest BCUT2D eigenvalue weighted by Gasteiger charge is 2.34. The number of carbonyl (C=O) groups excluding carboxylic acids is 1. The molecule has 37 heavy (non-hydrogen) atoms. The number of piperazine rings is 1. The SMILES string of the molecule is CS(=O)(=O)c1ccc(N2CCOCC2)c(C(=O)N2CCN(c3ncc(C(F)(F)F)cc3C3=CC3)CC2)c1. The Kier molecular flexibility index (Phi) is 6.65. The van der Waals surface area contributed by atoms with Crippen molar-refractivity contribution in [2.24, 2.45) is 0 Å². The lowest BCUT2D eigenvalue weighted by molar-refractivity contribution is -0.137. The Balaban J connectivity index is 1.37. The Bertz CT molecular complexity index is 1350. The normalized spacial score (nSPS) is 18.6. The lowest BCUT2D eigenvalue weighted by Crippen LogP contribution is -2.49. The summed E-state index contributed by atoms with van der Waals surface area (Å²) in [7, 11) is -3.52.